The van der Waals surface area contributed by atoms with Crippen LogP contribution >= 0.6 is 0 Å². The van der Waals surface area contributed by atoms with Gasteiger partial charge in [0.15, 0.2) is 6.10 Å². The normalized spacial score (nSPS) is 13.1. The Hall–Kier alpha value is -3.93. The average Bonchev–Trinajstić information content (AvgIpc) is 3.18. The molecule has 308 valence electrons. The number of rotatable bonds is 36. The molecule has 0 radical (unpaired) electrons. The van der Waals surface area contributed by atoms with Gasteiger partial charge in [-0.25, -0.2) is 0 Å². The number of unbranched alkanes of at least 4 members (excludes halogenated alkanes) is 13. The number of carbonyl (C=O) groups is 3. The van der Waals surface area contributed by atoms with Crippen molar-refractivity contribution in [3.63, 3.8) is 0 Å². The van der Waals surface area contributed by atoms with Crippen LogP contribution in [-0.4, -0.2) is 37.2 Å². The molecule has 0 saturated heterocycles. The van der Waals surface area contributed by atoms with Crippen molar-refractivity contribution < 1.29 is 28.6 Å². The van der Waals surface area contributed by atoms with E-state index in [9.17, 15) is 14.4 Å². The van der Waals surface area contributed by atoms with E-state index in [0.29, 0.717) is 19.3 Å². The quantitative estimate of drug-likeness (QED) is 0.0208. The number of hydrogen-bond acceptors (Lipinski definition) is 6. The van der Waals surface area contributed by atoms with Gasteiger partial charge in [-0.15, -0.1) is 0 Å². The van der Waals surface area contributed by atoms with E-state index in [1.807, 2.05) is 72.9 Å². The summed E-state index contributed by atoms with van der Waals surface area (Å²) in [6.45, 7) is 6.23. The van der Waals surface area contributed by atoms with Crippen LogP contribution < -0.4 is 0 Å². The van der Waals surface area contributed by atoms with Crippen molar-refractivity contribution in [2.75, 3.05) is 13.2 Å². The molecule has 0 rings (SSSR count). The van der Waals surface area contributed by atoms with Crippen LogP contribution in [0.4, 0.5) is 0 Å². The number of esters is 3. The SMILES string of the molecule is CC\C=C/C=C\C=C/C=C\C=C\C=C/C=C\CCCCCC(=O)OCC(COC(=O)CCCCCCCCCCC)OC(=O)CCCC/C=C\C/C=C\CC. The lowest BCUT2D eigenvalue weighted by molar-refractivity contribution is -0.167. The van der Waals surface area contributed by atoms with Gasteiger partial charge in [-0.05, 0) is 64.2 Å². The molecule has 6 heteroatoms. The molecule has 55 heavy (non-hydrogen) atoms. The van der Waals surface area contributed by atoms with E-state index in [0.717, 1.165) is 77.0 Å². The van der Waals surface area contributed by atoms with Crippen LogP contribution in [-0.2, 0) is 28.6 Å². The van der Waals surface area contributed by atoms with E-state index in [1.54, 1.807) is 0 Å². The topological polar surface area (TPSA) is 78.9 Å². The van der Waals surface area contributed by atoms with Crippen LogP contribution in [0.15, 0.2) is 109 Å². The molecule has 0 aliphatic carbocycles. The lowest BCUT2D eigenvalue weighted by atomic mass is 10.1. The number of hydrogen-bond donors (Lipinski definition) is 0. The maximum Gasteiger partial charge on any atom is 0.306 e. The summed E-state index contributed by atoms with van der Waals surface area (Å²) in [5, 5.41) is 0. The highest BCUT2D eigenvalue weighted by Crippen LogP contribution is 2.12. The number of ether oxygens (including phenoxy) is 3. The van der Waals surface area contributed by atoms with Gasteiger partial charge in [0.1, 0.15) is 13.2 Å². The molecule has 1 atom stereocenters. The minimum absolute atomic E-state index is 0.108. The van der Waals surface area contributed by atoms with Crippen molar-refractivity contribution in [1.29, 1.82) is 0 Å². The predicted molar refractivity (Wildman–Crippen MR) is 233 cm³/mol. The average molecular weight is 761 g/mol. The van der Waals surface area contributed by atoms with E-state index in [-0.39, 0.29) is 37.5 Å². The van der Waals surface area contributed by atoms with Crippen molar-refractivity contribution in [1.82, 2.24) is 0 Å². The smallest absolute Gasteiger partial charge is 0.306 e. The standard InChI is InChI=1S/C49H76O6/c1-4-7-10-13-16-19-20-21-22-23-24-25-26-27-28-31-33-36-39-42-48(51)54-45-46(55-49(52)43-40-37-34-30-18-15-12-9-6-3)44-53-47(50)41-38-35-32-29-17-14-11-8-5-2/h7,9-10,12-13,16,18-28,30,46H,4-6,8,11,14-15,17,29,31-45H2,1-3H3/b10-7-,12-9-,16-13-,20-19-,22-21-,24-23+,26-25-,28-27-,30-18-. The second kappa shape index (κ2) is 42.8. The van der Waals surface area contributed by atoms with Crippen LogP contribution in [0.5, 0.6) is 0 Å². The van der Waals surface area contributed by atoms with Gasteiger partial charge in [-0.2, -0.15) is 0 Å². The molecule has 0 aliphatic rings. The lowest BCUT2D eigenvalue weighted by Crippen LogP contribution is -2.30. The molecule has 0 aromatic rings. The summed E-state index contributed by atoms with van der Waals surface area (Å²) < 4.78 is 16.5. The van der Waals surface area contributed by atoms with E-state index in [2.05, 4.69) is 57.2 Å². The fourth-order valence-corrected chi connectivity index (χ4v) is 5.28. The summed E-state index contributed by atoms with van der Waals surface area (Å²) in [5.41, 5.74) is 0. The largest absolute Gasteiger partial charge is 0.462 e. The van der Waals surface area contributed by atoms with Crippen LogP contribution in [0, 0.1) is 0 Å². The zero-order chi connectivity index (χ0) is 40.1. The fourth-order valence-electron chi connectivity index (χ4n) is 5.28. The van der Waals surface area contributed by atoms with E-state index in [1.165, 1.54) is 38.5 Å². The van der Waals surface area contributed by atoms with E-state index >= 15 is 0 Å². The van der Waals surface area contributed by atoms with Crippen molar-refractivity contribution in [2.45, 2.75) is 168 Å². The molecule has 0 spiro atoms. The first-order valence-corrected chi connectivity index (χ1v) is 21.5. The Bertz CT molecular complexity index is 1200. The molecule has 0 heterocycles. The molecular weight excluding hydrogens is 685 g/mol. The molecule has 0 saturated carbocycles. The van der Waals surface area contributed by atoms with Gasteiger partial charge < -0.3 is 14.2 Å². The first-order valence-electron chi connectivity index (χ1n) is 21.5. The molecule has 1 unspecified atom stereocenters. The monoisotopic (exact) mass is 761 g/mol. The maximum atomic E-state index is 12.6. The van der Waals surface area contributed by atoms with Crippen molar-refractivity contribution >= 4 is 17.9 Å². The van der Waals surface area contributed by atoms with Gasteiger partial charge in [0.25, 0.3) is 0 Å². The zero-order valence-corrected chi connectivity index (χ0v) is 34.9. The summed E-state index contributed by atoms with van der Waals surface area (Å²) in [6.07, 6.45) is 56.5. The summed E-state index contributed by atoms with van der Waals surface area (Å²) >= 11 is 0. The molecule has 0 aromatic heterocycles. The molecule has 0 bridgehead atoms. The van der Waals surface area contributed by atoms with Gasteiger partial charge in [-0.1, -0.05) is 188 Å². The molecule has 0 aliphatic heterocycles. The van der Waals surface area contributed by atoms with Crippen LogP contribution in [0.25, 0.3) is 0 Å². The number of allylic oxidation sites excluding steroid dienone is 18. The summed E-state index contributed by atoms with van der Waals surface area (Å²) in [4.78, 5) is 37.5. The van der Waals surface area contributed by atoms with Crippen LogP contribution in [0.3, 0.4) is 0 Å². The van der Waals surface area contributed by atoms with Gasteiger partial charge in [0.2, 0.25) is 0 Å². The third-order valence-electron chi connectivity index (χ3n) is 8.47. The first-order chi connectivity index (χ1) is 27.0. The maximum absolute atomic E-state index is 12.6. The molecule has 0 fully saturated rings. The summed E-state index contributed by atoms with van der Waals surface area (Å²) in [5.74, 6) is -1.01. The minimum Gasteiger partial charge on any atom is -0.462 e. The van der Waals surface area contributed by atoms with Crippen LogP contribution in [0.2, 0.25) is 0 Å². The Morgan fingerprint density at radius 2 is 0.800 bits per heavy atom. The lowest BCUT2D eigenvalue weighted by Gasteiger charge is -2.18. The highest BCUT2D eigenvalue weighted by atomic mass is 16.6. The molecular formula is C49H76O6. The second-order valence-corrected chi connectivity index (χ2v) is 13.7. The van der Waals surface area contributed by atoms with Crippen molar-refractivity contribution in [3.8, 4) is 0 Å². The Kier molecular flexibility index (Phi) is 39.7. The minimum atomic E-state index is -0.810. The molecule has 0 aromatic carbocycles. The van der Waals surface area contributed by atoms with Crippen molar-refractivity contribution in [2.24, 2.45) is 0 Å². The number of carbonyl (C=O) groups excluding carboxylic acids is 3. The Balaban J connectivity index is 4.48. The highest BCUT2D eigenvalue weighted by Gasteiger charge is 2.19. The van der Waals surface area contributed by atoms with Crippen LogP contribution in [0.1, 0.15) is 162 Å². The second-order valence-electron chi connectivity index (χ2n) is 13.7. The first kappa shape index (κ1) is 51.1. The van der Waals surface area contributed by atoms with Gasteiger partial charge in [-0.3, -0.25) is 14.4 Å². The third-order valence-corrected chi connectivity index (χ3v) is 8.47. The third kappa shape index (κ3) is 41.1. The Labute approximate surface area is 336 Å². The summed E-state index contributed by atoms with van der Waals surface area (Å²) in [7, 11) is 0. The zero-order valence-electron chi connectivity index (χ0n) is 34.9. The van der Waals surface area contributed by atoms with Gasteiger partial charge in [0.05, 0.1) is 0 Å². The van der Waals surface area contributed by atoms with Gasteiger partial charge in [0, 0.05) is 19.3 Å². The molecule has 6 nitrogen and oxygen atoms in total. The predicted octanol–water partition coefficient (Wildman–Crippen LogP) is 13.6. The van der Waals surface area contributed by atoms with E-state index in [4.69, 9.17) is 14.2 Å². The fraction of sp³-hybridized carbons (Fsp3) is 0.571. The van der Waals surface area contributed by atoms with E-state index < -0.39 is 6.10 Å². The Morgan fingerprint density at radius 3 is 1.35 bits per heavy atom. The van der Waals surface area contributed by atoms with Crippen molar-refractivity contribution in [3.05, 3.63) is 109 Å². The molecule has 0 amide bonds. The summed E-state index contributed by atoms with van der Waals surface area (Å²) in [6, 6.07) is 0. The molecule has 0 N–H and O–H groups in total. The van der Waals surface area contributed by atoms with Gasteiger partial charge >= 0.3 is 17.9 Å². The Morgan fingerprint density at radius 1 is 0.400 bits per heavy atom. The highest BCUT2D eigenvalue weighted by molar-refractivity contribution is 5.71.